The molecule has 4 N–H and O–H groups in total. The third-order valence-corrected chi connectivity index (χ3v) is 11.5. The average Bonchev–Trinajstić information content (AvgIpc) is 3.93. The molecule has 1 aliphatic rings. The minimum atomic E-state index is -0.397. The Balaban J connectivity index is 0.00000216. The van der Waals surface area contributed by atoms with Crippen molar-refractivity contribution in [2.45, 2.75) is 46.1 Å². The smallest absolute Gasteiger partial charge is 0.254 e. The Morgan fingerprint density at radius 2 is 1.73 bits per heavy atom. The number of benzene rings is 2. The van der Waals surface area contributed by atoms with Crippen LogP contribution < -0.4 is 35.2 Å². The van der Waals surface area contributed by atoms with Crippen LogP contribution >= 0.6 is 0 Å². The van der Waals surface area contributed by atoms with Crippen LogP contribution in [0.4, 0.5) is 34.6 Å². The van der Waals surface area contributed by atoms with Gasteiger partial charge in [0, 0.05) is 118 Å². The first-order valence-electron chi connectivity index (χ1n) is 22.8. The van der Waals surface area contributed by atoms with Crippen LogP contribution in [0.3, 0.4) is 0 Å². The Hall–Kier alpha value is -7.24. The molecule has 8 rings (SSSR count). The van der Waals surface area contributed by atoms with Crippen molar-refractivity contribution in [1.82, 2.24) is 39.0 Å². The number of anilines is 6. The van der Waals surface area contributed by atoms with E-state index >= 15 is 0 Å². The van der Waals surface area contributed by atoms with E-state index in [-0.39, 0.29) is 18.8 Å². The molecule has 0 spiro atoms. The predicted molar refractivity (Wildman–Crippen MR) is 268 cm³/mol. The number of aliphatic hydroxyl groups excluding tert-OH is 1. The molecule has 0 bridgehead atoms. The number of carbonyl (C=O) groups excluding carboxylic acids is 1. The first-order valence-corrected chi connectivity index (χ1v) is 22.8. The summed E-state index contributed by atoms with van der Waals surface area (Å²) in [6.07, 6.45) is 11.9. The van der Waals surface area contributed by atoms with Gasteiger partial charge < -0.3 is 49.8 Å². The van der Waals surface area contributed by atoms with Crippen LogP contribution in [-0.4, -0.2) is 118 Å². The van der Waals surface area contributed by atoms with Gasteiger partial charge >= 0.3 is 0 Å². The summed E-state index contributed by atoms with van der Waals surface area (Å²) < 4.78 is 15.8. The highest BCUT2D eigenvalue weighted by Crippen LogP contribution is 2.39. The standard InChI is InChI=1S/C48H57N13O3.C2H6O/c1-8-34-29-52-61-43(26-44(56-46(34)61)60-20-12-9-13-21-60)50-27-33-16-17-45(51-28-33)64-31-32(2)47(62)53-38-24-39(42(63-7)25-41(38)58(5)23-22-57(3)4)55-48-49-19-18-37(54-48)36-30-59(6)40-15-11-10-14-35(36)40;1-2-3/h10-11,14-19,24-26,28-30,50H,2,8-9,12-13,20-23,27,31H2,1,3-7H3,(H,53,62)(H,49,54,55);3H,2H2,1H3. The molecule has 7 aromatic rings. The maximum Gasteiger partial charge on any atom is 0.254 e. The van der Waals surface area contributed by atoms with E-state index in [1.54, 1.807) is 32.5 Å². The van der Waals surface area contributed by atoms with E-state index in [1.807, 2.05) is 75.3 Å². The SMILES string of the molecule is C=C(COc1ccc(CNc2cc(N3CCCCC3)nc3c(CC)cnn23)cn1)C(=O)Nc1cc(Nc2nccc(-c3cn(C)c4ccccc34)n2)c(OC)cc1N(C)CCN(C)C.CCO. The second-order valence-corrected chi connectivity index (χ2v) is 16.7. The molecule has 352 valence electrons. The van der Waals surface area contributed by atoms with Gasteiger partial charge in [-0.25, -0.2) is 19.9 Å². The van der Waals surface area contributed by atoms with E-state index in [9.17, 15) is 4.79 Å². The highest BCUT2D eigenvalue weighted by molar-refractivity contribution is 6.06. The molecule has 0 aliphatic carbocycles. The lowest BCUT2D eigenvalue weighted by molar-refractivity contribution is -0.113. The lowest BCUT2D eigenvalue weighted by Crippen LogP contribution is -2.30. The first-order chi connectivity index (χ1) is 32.5. The molecule has 0 saturated carbocycles. The van der Waals surface area contributed by atoms with Crippen LogP contribution in [-0.2, 0) is 24.8 Å². The maximum atomic E-state index is 13.8. The molecule has 2 aromatic carbocycles. The third kappa shape index (κ3) is 11.6. The fourth-order valence-corrected chi connectivity index (χ4v) is 7.84. The molecule has 67 heavy (non-hydrogen) atoms. The number of nitrogens with one attached hydrogen (secondary N) is 3. The molecule has 0 radical (unpaired) electrons. The lowest BCUT2D eigenvalue weighted by atomic mass is 10.1. The van der Waals surface area contributed by atoms with E-state index < -0.39 is 5.91 Å². The second-order valence-electron chi connectivity index (χ2n) is 16.7. The van der Waals surface area contributed by atoms with Crippen molar-refractivity contribution in [3.8, 4) is 22.9 Å². The van der Waals surface area contributed by atoms with Gasteiger partial charge in [0.05, 0.1) is 36.1 Å². The summed E-state index contributed by atoms with van der Waals surface area (Å²) in [5.74, 6) is 2.76. The van der Waals surface area contributed by atoms with E-state index in [1.165, 1.54) is 19.3 Å². The van der Waals surface area contributed by atoms with Crippen LogP contribution in [0.2, 0.25) is 0 Å². The van der Waals surface area contributed by atoms with Crippen LogP contribution in [0.1, 0.15) is 44.2 Å². The number of rotatable bonds is 18. The molecule has 1 fully saturated rings. The first kappa shape index (κ1) is 47.7. The second kappa shape index (κ2) is 22.3. The molecule has 0 unspecified atom stereocenters. The summed E-state index contributed by atoms with van der Waals surface area (Å²) in [6, 6.07) is 19.7. The van der Waals surface area contributed by atoms with Crippen LogP contribution in [0.25, 0.3) is 27.8 Å². The molecule has 0 atom stereocenters. The van der Waals surface area contributed by atoms with Gasteiger partial charge in [0.1, 0.15) is 24.0 Å². The van der Waals surface area contributed by atoms with Gasteiger partial charge in [-0.05, 0) is 70.5 Å². The van der Waals surface area contributed by atoms with Crippen molar-refractivity contribution in [3.05, 3.63) is 109 Å². The summed E-state index contributed by atoms with van der Waals surface area (Å²) >= 11 is 0. The number of para-hydroxylation sites is 1. The molecule has 6 heterocycles. The monoisotopic (exact) mass is 910 g/mol. The van der Waals surface area contributed by atoms with E-state index in [2.05, 4.69) is 88.2 Å². The molecule has 5 aromatic heterocycles. The summed E-state index contributed by atoms with van der Waals surface area (Å²) in [6.45, 7) is 12.1. The number of hydrogen-bond donors (Lipinski definition) is 4. The van der Waals surface area contributed by atoms with Crippen molar-refractivity contribution < 1.29 is 19.4 Å². The van der Waals surface area contributed by atoms with Gasteiger partial charge in [-0.2, -0.15) is 9.61 Å². The van der Waals surface area contributed by atoms with E-state index in [4.69, 9.17) is 24.5 Å². The summed E-state index contributed by atoms with van der Waals surface area (Å²) in [5.41, 5.74) is 7.93. The van der Waals surface area contributed by atoms with E-state index in [0.29, 0.717) is 42.0 Å². The Morgan fingerprint density at radius 1 is 0.940 bits per heavy atom. The number of methoxy groups -OCH3 is 1. The van der Waals surface area contributed by atoms with Crippen molar-refractivity contribution in [1.29, 1.82) is 0 Å². The third-order valence-electron chi connectivity index (χ3n) is 11.5. The minimum Gasteiger partial charge on any atom is -0.494 e. The molecular formula is C50H63N13O4. The minimum absolute atomic E-state index is 0.0639. The van der Waals surface area contributed by atoms with Crippen molar-refractivity contribution in [2.24, 2.45) is 7.05 Å². The zero-order valence-corrected chi connectivity index (χ0v) is 39.7. The number of aryl methyl sites for hydroxylation is 2. The Bertz CT molecular complexity index is 2780. The van der Waals surface area contributed by atoms with Gasteiger partial charge in [-0.15, -0.1) is 0 Å². The highest BCUT2D eigenvalue weighted by Gasteiger charge is 2.21. The number of likely N-dealkylation sites (N-methyl/N-ethyl adjacent to an activating group) is 2. The van der Waals surface area contributed by atoms with Crippen LogP contribution in [0.5, 0.6) is 11.6 Å². The number of aromatic nitrogens is 7. The number of ether oxygens (including phenoxy) is 2. The number of carbonyl (C=O) groups is 1. The zero-order valence-electron chi connectivity index (χ0n) is 39.7. The Labute approximate surface area is 392 Å². The number of fused-ring (bicyclic) bond motifs is 2. The van der Waals surface area contributed by atoms with Crippen molar-refractivity contribution >= 4 is 57.1 Å². The Morgan fingerprint density at radius 3 is 2.46 bits per heavy atom. The largest absolute Gasteiger partial charge is 0.494 e. The number of hydrogen-bond acceptors (Lipinski definition) is 14. The van der Waals surface area contributed by atoms with Crippen molar-refractivity contribution in [3.63, 3.8) is 0 Å². The van der Waals surface area contributed by atoms with Gasteiger partial charge in [-0.3, -0.25) is 4.79 Å². The fourth-order valence-electron chi connectivity index (χ4n) is 7.84. The molecule has 1 saturated heterocycles. The topological polar surface area (TPSA) is 175 Å². The lowest BCUT2D eigenvalue weighted by Gasteiger charge is -2.28. The Kier molecular flexibility index (Phi) is 15.9. The van der Waals surface area contributed by atoms with Gasteiger partial charge in [0.15, 0.2) is 5.65 Å². The number of nitrogens with zero attached hydrogens (tertiary/aromatic N) is 10. The zero-order chi connectivity index (χ0) is 47.5. The van der Waals surface area contributed by atoms with Crippen LogP contribution in [0.15, 0.2) is 97.6 Å². The number of pyridine rings is 1. The quantitative estimate of drug-likeness (QED) is 0.0621. The average molecular weight is 910 g/mol. The number of piperidine rings is 1. The molecule has 1 amide bonds. The molecular weight excluding hydrogens is 847 g/mol. The predicted octanol–water partition coefficient (Wildman–Crippen LogP) is 7.56. The number of aliphatic hydroxyl groups is 1. The summed E-state index contributed by atoms with van der Waals surface area (Å²) in [4.78, 5) is 39.3. The summed E-state index contributed by atoms with van der Waals surface area (Å²) in [7, 11) is 9.65. The van der Waals surface area contributed by atoms with E-state index in [0.717, 1.165) is 82.3 Å². The van der Waals surface area contributed by atoms with Gasteiger partial charge in [-0.1, -0.05) is 37.8 Å². The van der Waals surface area contributed by atoms with Gasteiger partial charge in [0.2, 0.25) is 11.8 Å². The molecule has 17 heteroatoms. The molecule has 1 aliphatic heterocycles. The molecule has 17 nitrogen and oxygen atoms in total. The van der Waals surface area contributed by atoms with Gasteiger partial charge in [0.25, 0.3) is 5.91 Å². The van der Waals surface area contributed by atoms with Crippen molar-refractivity contribution in [2.75, 3.05) is 93.4 Å². The highest BCUT2D eigenvalue weighted by atomic mass is 16.5. The normalized spacial score (nSPS) is 12.5. The maximum absolute atomic E-state index is 13.8. The number of amides is 1. The summed E-state index contributed by atoms with van der Waals surface area (Å²) in [5, 5.41) is 23.3. The van der Waals surface area contributed by atoms with Crippen LogP contribution in [0, 0.1) is 0 Å². The fraction of sp³-hybridized carbons (Fsp3) is 0.360.